The Morgan fingerprint density at radius 2 is 1.67 bits per heavy atom. The van der Waals surface area contributed by atoms with E-state index in [4.69, 9.17) is 4.74 Å². The van der Waals surface area contributed by atoms with Gasteiger partial charge in [0.15, 0.2) is 11.4 Å². The molecule has 7 heteroatoms. The number of hydrogen-bond acceptors (Lipinski definition) is 5. The van der Waals surface area contributed by atoms with Crippen molar-refractivity contribution in [2.24, 2.45) is 5.92 Å². The van der Waals surface area contributed by atoms with E-state index in [9.17, 15) is 9.90 Å². The second-order valence-corrected chi connectivity index (χ2v) is 10.4. The Bertz CT molecular complexity index is 766. The largest absolute Gasteiger partial charge is 1.00 e. The molecular formula is C20H24BrNO3S2. The number of halogens is 1. The lowest BCUT2D eigenvalue weighted by Gasteiger charge is -2.46. The van der Waals surface area contributed by atoms with Crippen LogP contribution >= 0.6 is 22.7 Å². The molecule has 5 rings (SSSR count). The fourth-order valence-corrected chi connectivity index (χ4v) is 7.07. The summed E-state index contributed by atoms with van der Waals surface area (Å²) < 4.78 is 6.88. The fraction of sp³-hybridized carbons (Fsp3) is 0.550. The molecule has 5 heterocycles. The summed E-state index contributed by atoms with van der Waals surface area (Å²) in [5.74, 6) is 0.278. The van der Waals surface area contributed by atoms with E-state index < -0.39 is 5.60 Å². The molecule has 3 fully saturated rings. The van der Waals surface area contributed by atoms with Gasteiger partial charge in [-0.1, -0.05) is 12.1 Å². The molecule has 0 radical (unpaired) electrons. The number of fused-ring (bicyclic) bond motifs is 5. The summed E-state index contributed by atoms with van der Waals surface area (Å²) in [4.78, 5) is 14.8. The SMILES string of the molecule is C[N+]1(C)C2CC(CC(=O)C(O)(c3cccs3)c3cccs3)CC1C1OC12.[Br-]. The van der Waals surface area contributed by atoms with E-state index in [1.54, 1.807) is 0 Å². The number of carbonyl (C=O) groups is 1. The molecule has 3 aliphatic heterocycles. The summed E-state index contributed by atoms with van der Waals surface area (Å²) in [6.45, 7) is 0. The minimum absolute atomic E-state index is 0. The molecule has 2 bridgehead atoms. The highest BCUT2D eigenvalue weighted by Crippen LogP contribution is 2.53. The number of rotatable bonds is 5. The first-order valence-electron chi connectivity index (χ1n) is 9.25. The van der Waals surface area contributed by atoms with Crippen LogP contribution in [0.25, 0.3) is 0 Å². The molecule has 3 aliphatic rings. The van der Waals surface area contributed by atoms with Crippen LogP contribution in [0.5, 0.6) is 0 Å². The number of epoxide rings is 1. The van der Waals surface area contributed by atoms with Gasteiger partial charge in [0.05, 0.1) is 14.1 Å². The van der Waals surface area contributed by atoms with E-state index in [0.717, 1.165) is 27.1 Å². The van der Waals surface area contributed by atoms with Crippen molar-refractivity contribution in [3.63, 3.8) is 0 Å². The zero-order valence-electron chi connectivity index (χ0n) is 15.4. The first-order valence-corrected chi connectivity index (χ1v) is 11.0. The van der Waals surface area contributed by atoms with Crippen LogP contribution < -0.4 is 17.0 Å². The summed E-state index contributed by atoms with van der Waals surface area (Å²) in [5, 5.41) is 15.3. The summed E-state index contributed by atoms with van der Waals surface area (Å²) in [7, 11) is 4.60. The molecule has 2 aromatic heterocycles. The van der Waals surface area contributed by atoms with Crippen molar-refractivity contribution in [3.8, 4) is 0 Å². The minimum atomic E-state index is -1.50. The maximum Gasteiger partial charge on any atom is 0.192 e. The lowest BCUT2D eigenvalue weighted by atomic mass is 9.81. The second kappa shape index (κ2) is 6.75. The first-order chi connectivity index (χ1) is 12.4. The molecule has 0 aliphatic carbocycles. The molecule has 3 saturated heterocycles. The van der Waals surface area contributed by atoms with Gasteiger partial charge >= 0.3 is 0 Å². The minimum Gasteiger partial charge on any atom is -1.00 e. The quantitative estimate of drug-likeness (QED) is 0.495. The molecule has 4 unspecified atom stereocenters. The molecule has 27 heavy (non-hydrogen) atoms. The molecule has 4 atom stereocenters. The number of hydrogen-bond donors (Lipinski definition) is 1. The van der Waals surface area contributed by atoms with Gasteiger partial charge in [-0.15, -0.1) is 22.7 Å². The van der Waals surface area contributed by atoms with Crippen LogP contribution in [0.3, 0.4) is 0 Å². The molecule has 4 nitrogen and oxygen atoms in total. The van der Waals surface area contributed by atoms with Gasteiger partial charge in [0, 0.05) is 29.0 Å². The lowest BCUT2D eigenvalue weighted by Crippen LogP contribution is -3.00. The Morgan fingerprint density at radius 1 is 1.15 bits per heavy atom. The van der Waals surface area contributed by atoms with Crippen molar-refractivity contribution >= 4 is 28.5 Å². The number of morpholine rings is 1. The van der Waals surface area contributed by atoms with Crippen molar-refractivity contribution in [2.45, 2.75) is 49.2 Å². The van der Waals surface area contributed by atoms with E-state index in [2.05, 4.69) is 14.1 Å². The average molecular weight is 470 g/mol. The number of likely N-dealkylation sites (N-methyl/N-ethyl adjacent to an activating group) is 1. The van der Waals surface area contributed by atoms with Crippen molar-refractivity contribution in [1.82, 2.24) is 0 Å². The normalized spacial score (nSPS) is 33.2. The highest BCUT2D eigenvalue weighted by molar-refractivity contribution is 7.12. The molecule has 0 saturated carbocycles. The Kier molecular flexibility index (Phi) is 4.93. The van der Waals surface area contributed by atoms with Crippen LogP contribution in [0.15, 0.2) is 35.0 Å². The fourth-order valence-electron chi connectivity index (χ4n) is 5.29. The number of nitrogens with zero attached hydrogens (tertiary/aromatic N) is 1. The maximum absolute atomic E-state index is 13.3. The maximum atomic E-state index is 13.3. The third kappa shape index (κ3) is 2.90. The van der Waals surface area contributed by atoms with E-state index >= 15 is 0 Å². The van der Waals surface area contributed by atoms with E-state index in [0.29, 0.717) is 36.6 Å². The molecule has 0 spiro atoms. The lowest BCUT2D eigenvalue weighted by molar-refractivity contribution is -0.938. The number of quaternary nitrogens is 1. The number of ether oxygens (including phenoxy) is 1. The van der Waals surface area contributed by atoms with Gasteiger partial charge in [-0.3, -0.25) is 4.79 Å². The van der Waals surface area contributed by atoms with Crippen LogP contribution in [0, 0.1) is 5.92 Å². The van der Waals surface area contributed by atoms with E-state index in [-0.39, 0.29) is 22.8 Å². The summed E-state index contributed by atoms with van der Waals surface area (Å²) in [5.41, 5.74) is -1.50. The third-order valence-electron chi connectivity index (χ3n) is 6.81. The van der Waals surface area contributed by atoms with Gasteiger partial charge < -0.3 is 31.3 Å². The number of ketones is 1. The van der Waals surface area contributed by atoms with Crippen LogP contribution in [0.1, 0.15) is 29.0 Å². The van der Waals surface area contributed by atoms with Crippen molar-refractivity contribution < 1.29 is 36.1 Å². The van der Waals surface area contributed by atoms with Gasteiger partial charge in [-0.05, 0) is 28.8 Å². The van der Waals surface area contributed by atoms with Crippen LogP contribution in [0.4, 0.5) is 0 Å². The van der Waals surface area contributed by atoms with E-state index in [1.165, 1.54) is 22.7 Å². The number of carbonyl (C=O) groups excluding carboxylic acids is 1. The average Bonchev–Trinajstić information content (AvgIpc) is 2.98. The van der Waals surface area contributed by atoms with Crippen LogP contribution in [-0.4, -0.2) is 53.8 Å². The van der Waals surface area contributed by atoms with Gasteiger partial charge in [0.25, 0.3) is 0 Å². The van der Waals surface area contributed by atoms with Crippen LogP contribution in [0.2, 0.25) is 0 Å². The Balaban J connectivity index is 0.00000180. The molecule has 2 aromatic rings. The number of thiophene rings is 2. The molecule has 146 valence electrons. The standard InChI is InChI=1S/C20H24NO3S2.BrH/c1-21(2)13-9-12(10-14(21)19-18(13)24-19)11-15(22)20(23,16-5-3-7-25-16)17-6-4-8-26-17;/h3-8,12-14,18-19,23H,9-11H2,1-2H3;1H/q+1;/p-1. The number of Topliss-reactive ketones (excluding diaryl/α,β-unsaturated/α-hetero) is 1. The zero-order chi connectivity index (χ0) is 18.1. The number of piperidine rings is 1. The first kappa shape index (κ1) is 19.7. The predicted octanol–water partition coefficient (Wildman–Crippen LogP) is 0.0133. The second-order valence-electron chi connectivity index (χ2n) is 8.46. The molecule has 0 aromatic carbocycles. The smallest absolute Gasteiger partial charge is 0.192 e. The molecular weight excluding hydrogens is 446 g/mol. The van der Waals surface area contributed by atoms with Gasteiger partial charge in [0.1, 0.15) is 24.3 Å². The van der Waals surface area contributed by atoms with Crippen molar-refractivity contribution in [3.05, 3.63) is 44.8 Å². The summed E-state index contributed by atoms with van der Waals surface area (Å²) >= 11 is 2.90. The van der Waals surface area contributed by atoms with Crippen molar-refractivity contribution in [2.75, 3.05) is 14.1 Å². The monoisotopic (exact) mass is 469 g/mol. The molecule has 0 amide bonds. The Morgan fingerprint density at radius 3 is 2.11 bits per heavy atom. The van der Waals surface area contributed by atoms with E-state index in [1.807, 2.05) is 35.0 Å². The Hall–Kier alpha value is -0.570. The van der Waals surface area contributed by atoms with Gasteiger partial charge in [-0.25, -0.2) is 0 Å². The highest BCUT2D eigenvalue weighted by atomic mass is 79.9. The Labute approximate surface area is 178 Å². The predicted molar refractivity (Wildman–Crippen MR) is 102 cm³/mol. The van der Waals surface area contributed by atoms with Gasteiger partial charge in [0.2, 0.25) is 0 Å². The van der Waals surface area contributed by atoms with Crippen LogP contribution in [-0.2, 0) is 15.1 Å². The van der Waals surface area contributed by atoms with Gasteiger partial charge in [-0.2, -0.15) is 0 Å². The summed E-state index contributed by atoms with van der Waals surface area (Å²) in [6, 6.07) is 8.53. The highest BCUT2D eigenvalue weighted by Gasteiger charge is 2.70. The topological polar surface area (TPSA) is 49.8 Å². The zero-order valence-corrected chi connectivity index (χ0v) is 18.6. The third-order valence-corrected chi connectivity index (χ3v) is 8.77. The molecule has 1 N–H and O–H groups in total. The summed E-state index contributed by atoms with van der Waals surface area (Å²) in [6.07, 6.45) is 3.26. The number of aliphatic hydroxyl groups is 1. The van der Waals surface area contributed by atoms with Crippen molar-refractivity contribution in [1.29, 1.82) is 0 Å².